The molecule has 2 fully saturated rings. The van der Waals surface area contributed by atoms with Crippen molar-refractivity contribution in [2.45, 2.75) is 52.1 Å². The lowest BCUT2D eigenvalue weighted by Gasteiger charge is -2.28. The number of rotatable bonds is 8. The van der Waals surface area contributed by atoms with Crippen molar-refractivity contribution < 1.29 is 9.53 Å². The van der Waals surface area contributed by atoms with Crippen molar-refractivity contribution in [3.63, 3.8) is 0 Å². The number of imidazole rings is 1. The molecule has 6 nitrogen and oxygen atoms in total. The van der Waals surface area contributed by atoms with Crippen LogP contribution in [0.4, 0.5) is 0 Å². The number of nitrogens with zero attached hydrogens (tertiary/aromatic N) is 4. The van der Waals surface area contributed by atoms with E-state index in [-0.39, 0.29) is 17.2 Å². The summed E-state index contributed by atoms with van der Waals surface area (Å²) >= 11 is 0. The van der Waals surface area contributed by atoms with Crippen LogP contribution in [0.25, 0.3) is 0 Å². The van der Waals surface area contributed by atoms with Crippen LogP contribution >= 0.6 is 0 Å². The summed E-state index contributed by atoms with van der Waals surface area (Å²) in [7, 11) is 1.69. The number of ether oxygens (including phenoxy) is 1. The quantitative estimate of drug-likeness (QED) is 0.651. The Balaban J connectivity index is 1.59. The molecule has 2 aromatic rings. The van der Waals surface area contributed by atoms with Gasteiger partial charge in [0.25, 0.3) is 0 Å². The number of amides is 1. The van der Waals surface area contributed by atoms with Gasteiger partial charge < -0.3 is 14.2 Å². The molecule has 0 N–H and O–H groups in total. The Morgan fingerprint density at radius 3 is 2.61 bits per heavy atom. The summed E-state index contributed by atoms with van der Waals surface area (Å²) in [4.78, 5) is 22.9. The first-order chi connectivity index (χ1) is 15.0. The molecule has 2 aliphatic rings. The zero-order valence-corrected chi connectivity index (χ0v) is 19.4. The van der Waals surface area contributed by atoms with E-state index in [4.69, 9.17) is 9.72 Å². The molecule has 31 heavy (non-hydrogen) atoms. The number of hydrogen-bond acceptors (Lipinski definition) is 4. The van der Waals surface area contributed by atoms with Gasteiger partial charge >= 0.3 is 0 Å². The average Bonchev–Trinajstić information content (AvgIpc) is 3.47. The van der Waals surface area contributed by atoms with E-state index in [1.165, 1.54) is 11.1 Å². The first-order valence-corrected chi connectivity index (χ1v) is 11.6. The van der Waals surface area contributed by atoms with Crippen molar-refractivity contribution >= 4 is 5.91 Å². The van der Waals surface area contributed by atoms with E-state index in [1.54, 1.807) is 7.11 Å². The molecule has 2 unspecified atom stereocenters. The molecule has 168 valence electrons. The molecule has 1 aromatic carbocycles. The molecule has 0 radical (unpaired) electrons. The highest BCUT2D eigenvalue weighted by Crippen LogP contribution is 2.49. The fourth-order valence-electron chi connectivity index (χ4n) is 5.20. The van der Waals surface area contributed by atoms with E-state index < -0.39 is 0 Å². The van der Waals surface area contributed by atoms with Crippen LogP contribution in [-0.4, -0.2) is 65.2 Å². The Labute approximate surface area is 186 Å². The smallest absolute Gasteiger partial charge is 0.230 e. The number of likely N-dealkylation sites (tertiary alicyclic amines) is 2. The lowest BCUT2D eigenvalue weighted by atomic mass is 9.75. The molecule has 2 atom stereocenters. The summed E-state index contributed by atoms with van der Waals surface area (Å²) < 4.78 is 7.39. The lowest BCUT2D eigenvalue weighted by Crippen LogP contribution is -2.40. The summed E-state index contributed by atoms with van der Waals surface area (Å²) in [6.07, 6.45) is 6.02. The molecule has 4 rings (SSSR count). The van der Waals surface area contributed by atoms with E-state index in [0.717, 1.165) is 44.7 Å². The summed E-state index contributed by atoms with van der Waals surface area (Å²) in [6.45, 7) is 11.1. The highest BCUT2D eigenvalue weighted by molar-refractivity contribution is 5.86. The molecule has 1 spiro atoms. The van der Waals surface area contributed by atoms with Crippen molar-refractivity contribution in [3.05, 3.63) is 53.6 Å². The van der Waals surface area contributed by atoms with Crippen LogP contribution in [-0.2, 0) is 22.5 Å². The van der Waals surface area contributed by atoms with E-state index in [0.29, 0.717) is 19.2 Å². The number of benzene rings is 1. The summed E-state index contributed by atoms with van der Waals surface area (Å²) in [5, 5.41) is 0. The number of aromatic nitrogens is 2. The molecule has 0 bridgehead atoms. The first-order valence-electron chi connectivity index (χ1n) is 11.6. The highest BCUT2D eigenvalue weighted by Gasteiger charge is 2.57. The maximum absolute atomic E-state index is 13.7. The molecule has 2 saturated heterocycles. The standard InChI is InChI=1S/C25H36N4O2/c1-5-20-6-8-21(9-7-20)14-27-15-22(23-16-29(18-26-23)19(2)3)25(17-27)10-11-28(24(25)30)12-13-31-4/h6-9,16,18-19,22H,5,10-15,17H2,1-4H3. The number of carbonyl (C=O) groups excluding carboxylic acids is 1. The number of carbonyl (C=O) groups is 1. The molecule has 3 heterocycles. The number of methoxy groups -OCH3 is 1. The first kappa shape index (κ1) is 22.0. The largest absolute Gasteiger partial charge is 0.383 e. The zero-order chi connectivity index (χ0) is 22.0. The minimum atomic E-state index is -0.382. The maximum Gasteiger partial charge on any atom is 0.230 e. The molecule has 0 aliphatic carbocycles. The van der Waals surface area contributed by atoms with Crippen LogP contribution in [0.3, 0.4) is 0 Å². The van der Waals surface area contributed by atoms with E-state index in [9.17, 15) is 4.79 Å². The Morgan fingerprint density at radius 2 is 1.97 bits per heavy atom. The van der Waals surface area contributed by atoms with Gasteiger partial charge in [-0.3, -0.25) is 9.69 Å². The maximum atomic E-state index is 13.7. The molecule has 1 amide bonds. The summed E-state index contributed by atoms with van der Waals surface area (Å²) in [5.74, 6) is 0.403. The third-order valence-corrected chi connectivity index (χ3v) is 7.13. The van der Waals surface area contributed by atoms with Gasteiger partial charge in [0, 0.05) is 58.0 Å². The van der Waals surface area contributed by atoms with Crippen molar-refractivity contribution in [1.82, 2.24) is 19.4 Å². The summed E-state index contributed by atoms with van der Waals surface area (Å²) in [5.41, 5.74) is 3.34. The monoisotopic (exact) mass is 424 g/mol. The van der Waals surface area contributed by atoms with Crippen LogP contribution in [0.2, 0.25) is 0 Å². The Kier molecular flexibility index (Phi) is 6.49. The van der Waals surface area contributed by atoms with Crippen molar-refractivity contribution in [2.75, 3.05) is 39.9 Å². The Hall–Kier alpha value is -2.18. The second-order valence-electron chi connectivity index (χ2n) is 9.42. The second-order valence-corrected chi connectivity index (χ2v) is 9.42. The average molecular weight is 425 g/mol. The van der Waals surface area contributed by atoms with E-state index >= 15 is 0 Å². The van der Waals surface area contributed by atoms with Crippen molar-refractivity contribution in [1.29, 1.82) is 0 Å². The van der Waals surface area contributed by atoms with Crippen molar-refractivity contribution in [2.24, 2.45) is 5.41 Å². The summed E-state index contributed by atoms with van der Waals surface area (Å²) in [6, 6.07) is 9.26. The van der Waals surface area contributed by atoms with Gasteiger partial charge in [-0.1, -0.05) is 31.2 Å². The number of aryl methyl sites for hydroxylation is 1. The van der Waals surface area contributed by atoms with Crippen LogP contribution in [0.15, 0.2) is 36.8 Å². The molecule has 1 aromatic heterocycles. The fraction of sp³-hybridized carbons (Fsp3) is 0.600. The Morgan fingerprint density at radius 1 is 1.23 bits per heavy atom. The third-order valence-electron chi connectivity index (χ3n) is 7.13. The van der Waals surface area contributed by atoms with Gasteiger partial charge in [0.2, 0.25) is 5.91 Å². The molecular formula is C25H36N4O2. The predicted molar refractivity (Wildman–Crippen MR) is 122 cm³/mol. The van der Waals surface area contributed by atoms with Gasteiger partial charge in [0.1, 0.15) is 0 Å². The molecular weight excluding hydrogens is 388 g/mol. The normalized spacial score (nSPS) is 24.2. The molecule has 0 saturated carbocycles. The predicted octanol–water partition coefficient (Wildman–Crippen LogP) is 3.49. The van der Waals surface area contributed by atoms with Crippen molar-refractivity contribution in [3.8, 4) is 0 Å². The van der Waals surface area contributed by atoms with Gasteiger partial charge in [0.05, 0.1) is 24.0 Å². The van der Waals surface area contributed by atoms with Gasteiger partial charge in [0.15, 0.2) is 0 Å². The van der Waals surface area contributed by atoms with E-state index in [1.807, 2.05) is 11.2 Å². The minimum absolute atomic E-state index is 0.127. The van der Waals surface area contributed by atoms with Crippen LogP contribution < -0.4 is 0 Å². The fourth-order valence-corrected chi connectivity index (χ4v) is 5.20. The lowest BCUT2D eigenvalue weighted by molar-refractivity contribution is -0.136. The van der Waals surface area contributed by atoms with Gasteiger partial charge in [-0.25, -0.2) is 4.98 Å². The number of hydrogen-bond donors (Lipinski definition) is 0. The van der Waals surface area contributed by atoms with Crippen LogP contribution in [0.1, 0.15) is 56.0 Å². The highest BCUT2D eigenvalue weighted by atomic mass is 16.5. The van der Waals surface area contributed by atoms with Gasteiger partial charge in [-0.2, -0.15) is 0 Å². The third kappa shape index (κ3) is 4.28. The van der Waals surface area contributed by atoms with Gasteiger partial charge in [-0.05, 0) is 37.8 Å². The van der Waals surface area contributed by atoms with Gasteiger partial charge in [-0.15, -0.1) is 0 Å². The second kappa shape index (κ2) is 9.13. The zero-order valence-electron chi connectivity index (χ0n) is 19.4. The van der Waals surface area contributed by atoms with E-state index in [2.05, 4.69) is 60.7 Å². The SMILES string of the molecule is CCc1ccc(CN2CC(c3cn(C(C)C)cn3)C3(CCN(CCOC)C3=O)C2)cc1. The van der Waals surface area contributed by atoms with Crippen LogP contribution in [0.5, 0.6) is 0 Å². The topological polar surface area (TPSA) is 50.6 Å². The molecule has 6 heteroatoms. The minimum Gasteiger partial charge on any atom is -0.383 e. The molecule has 2 aliphatic heterocycles. The Bertz CT molecular complexity index is 891. The van der Waals surface area contributed by atoms with Crippen LogP contribution in [0, 0.1) is 5.41 Å².